The first-order valence-corrected chi connectivity index (χ1v) is 9.02. The number of methoxy groups -OCH3 is 1. The molecule has 1 aromatic carbocycles. The molecule has 0 amide bonds. The highest BCUT2D eigenvalue weighted by atomic mass is 16.5. The Morgan fingerprint density at radius 1 is 1.20 bits per heavy atom. The molecule has 1 aliphatic rings. The maximum atomic E-state index is 5.74. The van der Waals surface area contributed by atoms with Gasteiger partial charge in [-0.15, -0.1) is 0 Å². The van der Waals surface area contributed by atoms with Crippen LogP contribution in [0.5, 0.6) is 5.75 Å². The van der Waals surface area contributed by atoms with Crippen molar-refractivity contribution in [1.82, 2.24) is 10.6 Å². The van der Waals surface area contributed by atoms with Gasteiger partial charge in [-0.05, 0) is 26.0 Å². The smallest absolute Gasteiger partial charge is 0.191 e. The lowest BCUT2D eigenvalue weighted by Crippen LogP contribution is -2.44. The first-order valence-electron chi connectivity index (χ1n) is 9.02. The van der Waals surface area contributed by atoms with Crippen LogP contribution in [0.4, 0.5) is 0 Å². The Morgan fingerprint density at radius 3 is 2.56 bits per heavy atom. The van der Waals surface area contributed by atoms with E-state index in [1.54, 1.807) is 7.11 Å². The van der Waals surface area contributed by atoms with Crippen molar-refractivity contribution in [3.05, 3.63) is 29.8 Å². The molecule has 6 heteroatoms. The van der Waals surface area contributed by atoms with Crippen LogP contribution in [0.25, 0.3) is 0 Å². The molecular formula is C19H31N3O3. The minimum absolute atomic E-state index is 0.209. The van der Waals surface area contributed by atoms with E-state index in [1.165, 1.54) is 5.56 Å². The fourth-order valence-electron chi connectivity index (χ4n) is 2.71. The fourth-order valence-corrected chi connectivity index (χ4v) is 2.71. The second-order valence-corrected chi connectivity index (χ2v) is 6.28. The van der Waals surface area contributed by atoms with E-state index < -0.39 is 0 Å². The van der Waals surface area contributed by atoms with Gasteiger partial charge in [0.1, 0.15) is 12.4 Å². The molecule has 0 atom stereocenters. The number of hydrogen-bond acceptors (Lipinski definition) is 4. The highest BCUT2D eigenvalue weighted by Gasteiger charge is 2.32. The van der Waals surface area contributed by atoms with Gasteiger partial charge in [0.2, 0.25) is 0 Å². The van der Waals surface area contributed by atoms with Crippen molar-refractivity contribution < 1.29 is 14.2 Å². The summed E-state index contributed by atoms with van der Waals surface area (Å²) < 4.78 is 16.9. The number of hydrogen-bond donors (Lipinski definition) is 2. The minimum atomic E-state index is -0.209. The zero-order valence-electron chi connectivity index (χ0n) is 15.6. The molecule has 0 saturated carbocycles. The summed E-state index contributed by atoms with van der Waals surface area (Å²) in [4.78, 5) is 4.69. The first kappa shape index (κ1) is 19.5. The maximum absolute atomic E-state index is 5.74. The number of aryl methyl sites for hydroxylation is 1. The molecule has 0 bridgehead atoms. The SMILES string of the molecule is CCNC(=NCC1(OC)CCOCC1)NCCOc1ccc(C)cc1. The first-order chi connectivity index (χ1) is 12.2. The number of aliphatic imine (C=N–C) groups is 1. The molecule has 0 aliphatic carbocycles. The van der Waals surface area contributed by atoms with E-state index in [1.807, 2.05) is 24.3 Å². The molecular weight excluding hydrogens is 318 g/mol. The molecule has 1 saturated heterocycles. The monoisotopic (exact) mass is 349 g/mol. The van der Waals surface area contributed by atoms with Crippen molar-refractivity contribution in [1.29, 1.82) is 0 Å². The third-order valence-electron chi connectivity index (χ3n) is 4.39. The van der Waals surface area contributed by atoms with Gasteiger partial charge in [0.15, 0.2) is 5.96 Å². The summed E-state index contributed by atoms with van der Waals surface area (Å²) >= 11 is 0. The van der Waals surface area contributed by atoms with Crippen LogP contribution in [0.15, 0.2) is 29.3 Å². The molecule has 0 radical (unpaired) electrons. The zero-order valence-corrected chi connectivity index (χ0v) is 15.6. The van der Waals surface area contributed by atoms with E-state index in [4.69, 9.17) is 19.2 Å². The van der Waals surface area contributed by atoms with Gasteiger partial charge in [-0.25, -0.2) is 0 Å². The summed E-state index contributed by atoms with van der Waals surface area (Å²) in [7, 11) is 1.76. The summed E-state index contributed by atoms with van der Waals surface area (Å²) in [5.74, 6) is 1.67. The van der Waals surface area contributed by atoms with Gasteiger partial charge in [-0.2, -0.15) is 0 Å². The van der Waals surface area contributed by atoms with E-state index in [2.05, 4.69) is 24.5 Å². The minimum Gasteiger partial charge on any atom is -0.492 e. The van der Waals surface area contributed by atoms with Crippen LogP contribution in [0, 0.1) is 6.92 Å². The lowest BCUT2D eigenvalue weighted by atomic mass is 9.94. The van der Waals surface area contributed by atoms with Crippen molar-refractivity contribution in [3.8, 4) is 5.75 Å². The van der Waals surface area contributed by atoms with E-state index in [0.29, 0.717) is 19.7 Å². The summed E-state index contributed by atoms with van der Waals surface area (Å²) in [6.45, 7) is 8.29. The van der Waals surface area contributed by atoms with E-state index in [0.717, 1.165) is 44.3 Å². The van der Waals surface area contributed by atoms with Gasteiger partial charge >= 0.3 is 0 Å². The molecule has 0 aromatic heterocycles. The Bertz CT molecular complexity index is 525. The predicted octanol–water partition coefficient (Wildman–Crippen LogP) is 2.12. The third-order valence-corrected chi connectivity index (χ3v) is 4.39. The number of ether oxygens (including phenoxy) is 3. The predicted molar refractivity (Wildman–Crippen MR) is 100 cm³/mol. The molecule has 6 nitrogen and oxygen atoms in total. The zero-order chi connectivity index (χ0) is 18.0. The van der Waals surface area contributed by atoms with E-state index in [-0.39, 0.29) is 5.60 Å². The Hall–Kier alpha value is -1.79. The molecule has 1 aliphatic heterocycles. The van der Waals surface area contributed by atoms with Gasteiger partial charge in [0.25, 0.3) is 0 Å². The Kier molecular flexibility index (Phi) is 8.01. The molecule has 140 valence electrons. The molecule has 2 rings (SSSR count). The third kappa shape index (κ3) is 6.55. The van der Waals surface area contributed by atoms with Crippen molar-refractivity contribution in [2.75, 3.05) is 46.6 Å². The van der Waals surface area contributed by atoms with Crippen molar-refractivity contribution in [2.24, 2.45) is 4.99 Å². The quantitative estimate of drug-likeness (QED) is 0.428. The van der Waals surface area contributed by atoms with Crippen molar-refractivity contribution in [3.63, 3.8) is 0 Å². The standard InChI is InChI=1S/C19H31N3O3/c1-4-20-18(22-15-19(23-3)9-12-24-13-10-19)21-11-14-25-17-7-5-16(2)6-8-17/h5-8H,4,9-15H2,1-3H3,(H2,20,21,22). The summed E-state index contributed by atoms with van der Waals surface area (Å²) in [6.07, 6.45) is 1.76. The summed E-state index contributed by atoms with van der Waals surface area (Å²) in [5, 5.41) is 6.58. The second-order valence-electron chi connectivity index (χ2n) is 6.28. The van der Waals surface area contributed by atoms with Crippen LogP contribution in [0.1, 0.15) is 25.3 Å². The van der Waals surface area contributed by atoms with Crippen LogP contribution in [0.3, 0.4) is 0 Å². The number of guanidine groups is 1. The number of nitrogens with zero attached hydrogens (tertiary/aromatic N) is 1. The number of rotatable bonds is 8. The maximum Gasteiger partial charge on any atom is 0.191 e. The van der Waals surface area contributed by atoms with Gasteiger partial charge in [-0.3, -0.25) is 4.99 Å². The average molecular weight is 349 g/mol. The largest absolute Gasteiger partial charge is 0.492 e. The highest BCUT2D eigenvalue weighted by molar-refractivity contribution is 5.79. The fraction of sp³-hybridized carbons (Fsp3) is 0.632. The average Bonchev–Trinajstić information content (AvgIpc) is 2.65. The molecule has 1 aromatic rings. The lowest BCUT2D eigenvalue weighted by molar-refractivity contribution is -0.0828. The lowest BCUT2D eigenvalue weighted by Gasteiger charge is -2.34. The highest BCUT2D eigenvalue weighted by Crippen LogP contribution is 2.24. The van der Waals surface area contributed by atoms with Crippen LogP contribution >= 0.6 is 0 Å². The van der Waals surface area contributed by atoms with E-state index in [9.17, 15) is 0 Å². The van der Waals surface area contributed by atoms with Crippen LogP contribution < -0.4 is 15.4 Å². The second kappa shape index (κ2) is 10.3. The van der Waals surface area contributed by atoms with Crippen LogP contribution in [-0.4, -0.2) is 58.1 Å². The van der Waals surface area contributed by atoms with Crippen molar-refractivity contribution >= 4 is 5.96 Å². The Balaban J connectivity index is 1.79. The molecule has 1 fully saturated rings. The number of benzene rings is 1. The molecule has 0 unspecified atom stereocenters. The van der Waals surface area contributed by atoms with Crippen molar-refractivity contribution in [2.45, 2.75) is 32.3 Å². The summed E-state index contributed by atoms with van der Waals surface area (Å²) in [5.41, 5.74) is 1.02. The van der Waals surface area contributed by atoms with Gasteiger partial charge < -0.3 is 24.8 Å². The number of nitrogens with one attached hydrogen (secondary N) is 2. The molecule has 1 heterocycles. The molecule has 0 spiro atoms. The van der Waals surface area contributed by atoms with Crippen LogP contribution in [-0.2, 0) is 9.47 Å². The van der Waals surface area contributed by atoms with Gasteiger partial charge in [0, 0.05) is 39.7 Å². The van der Waals surface area contributed by atoms with Gasteiger partial charge in [0.05, 0.1) is 18.7 Å². The molecule has 2 N–H and O–H groups in total. The Labute approximate surface area is 151 Å². The normalized spacial score (nSPS) is 17.2. The molecule has 25 heavy (non-hydrogen) atoms. The van der Waals surface area contributed by atoms with Gasteiger partial charge in [-0.1, -0.05) is 17.7 Å². The van der Waals surface area contributed by atoms with Crippen LogP contribution in [0.2, 0.25) is 0 Å². The Morgan fingerprint density at radius 2 is 1.92 bits per heavy atom. The van der Waals surface area contributed by atoms with E-state index >= 15 is 0 Å². The topological polar surface area (TPSA) is 64.1 Å². The summed E-state index contributed by atoms with van der Waals surface area (Å²) in [6, 6.07) is 8.07.